The van der Waals surface area contributed by atoms with Crippen molar-refractivity contribution in [3.8, 4) is 5.75 Å². The molecule has 1 aliphatic heterocycles. The topological polar surface area (TPSA) is 47.5 Å². The van der Waals surface area contributed by atoms with Crippen molar-refractivity contribution in [3.05, 3.63) is 53.6 Å². The summed E-state index contributed by atoms with van der Waals surface area (Å²) in [5, 5.41) is 0. The van der Waals surface area contributed by atoms with Crippen LogP contribution in [-0.2, 0) is 24.2 Å². The minimum Gasteiger partial charge on any atom is -0.497 e. The molecule has 1 aliphatic rings. The summed E-state index contributed by atoms with van der Waals surface area (Å²) in [6, 6.07) is 8.27. The van der Waals surface area contributed by atoms with E-state index in [9.17, 15) is 0 Å². The monoisotopic (exact) mass is 341 g/mol. The van der Waals surface area contributed by atoms with Gasteiger partial charge in [-0.1, -0.05) is 19.1 Å². The molecule has 0 radical (unpaired) electrons. The molecule has 1 unspecified atom stereocenters. The van der Waals surface area contributed by atoms with Crippen LogP contribution in [0.25, 0.3) is 0 Å². The lowest BCUT2D eigenvalue weighted by Gasteiger charge is -2.25. The van der Waals surface area contributed by atoms with Crippen LogP contribution < -0.4 is 4.74 Å². The van der Waals surface area contributed by atoms with E-state index in [0.717, 1.165) is 62.6 Å². The fraction of sp³-hybridized carbons (Fsp3) is 0.500. The molecule has 1 aromatic carbocycles. The Hall–Kier alpha value is -1.98. The van der Waals surface area contributed by atoms with E-state index in [-0.39, 0.29) is 0 Å². The minimum absolute atomic E-state index is 0.328. The molecule has 3 rings (SSSR count). The van der Waals surface area contributed by atoms with Crippen LogP contribution in [0.2, 0.25) is 0 Å². The van der Waals surface area contributed by atoms with Gasteiger partial charge in [-0.25, -0.2) is 9.97 Å². The maximum Gasteiger partial charge on any atom is 0.127 e. The molecule has 0 N–H and O–H groups in total. The lowest BCUT2D eigenvalue weighted by atomic mass is 10.1. The molecule has 1 fully saturated rings. The van der Waals surface area contributed by atoms with Crippen molar-refractivity contribution in [2.45, 2.75) is 45.4 Å². The molecule has 1 atom stereocenters. The van der Waals surface area contributed by atoms with Gasteiger partial charge in [-0.2, -0.15) is 0 Å². The van der Waals surface area contributed by atoms with Gasteiger partial charge < -0.3 is 9.47 Å². The number of methoxy groups -OCH3 is 1. The zero-order valence-electron chi connectivity index (χ0n) is 15.1. The molecule has 0 saturated carbocycles. The number of benzene rings is 1. The number of hydrogen-bond acceptors (Lipinski definition) is 5. The smallest absolute Gasteiger partial charge is 0.127 e. The predicted octanol–water partition coefficient (Wildman–Crippen LogP) is 3.23. The molecule has 25 heavy (non-hydrogen) atoms. The summed E-state index contributed by atoms with van der Waals surface area (Å²) in [7, 11) is 1.69. The molecule has 0 spiro atoms. The Morgan fingerprint density at radius 2 is 1.84 bits per heavy atom. The van der Waals surface area contributed by atoms with E-state index in [4.69, 9.17) is 9.47 Å². The molecule has 1 aromatic heterocycles. The molecular weight excluding hydrogens is 314 g/mol. The lowest BCUT2D eigenvalue weighted by molar-refractivity contribution is 0.0678. The van der Waals surface area contributed by atoms with Gasteiger partial charge in [-0.15, -0.1) is 0 Å². The first kappa shape index (κ1) is 17.8. The second-order valence-electron chi connectivity index (χ2n) is 6.51. The summed E-state index contributed by atoms with van der Waals surface area (Å²) < 4.78 is 11.1. The van der Waals surface area contributed by atoms with Gasteiger partial charge >= 0.3 is 0 Å². The third-order valence-electron chi connectivity index (χ3n) is 4.53. The van der Waals surface area contributed by atoms with Crippen molar-refractivity contribution >= 4 is 0 Å². The Labute approximate surface area is 150 Å². The summed E-state index contributed by atoms with van der Waals surface area (Å²) in [6.45, 7) is 5.59. The average Bonchev–Trinajstić information content (AvgIpc) is 3.16. The summed E-state index contributed by atoms with van der Waals surface area (Å²) in [6.07, 6.45) is 7.39. The van der Waals surface area contributed by atoms with E-state index in [0.29, 0.717) is 6.10 Å². The van der Waals surface area contributed by atoms with Gasteiger partial charge in [0.15, 0.2) is 0 Å². The Kier molecular flexibility index (Phi) is 6.36. The Balaban J connectivity index is 1.68. The fourth-order valence-electron chi connectivity index (χ4n) is 3.15. The van der Waals surface area contributed by atoms with Crippen LogP contribution in [0, 0.1) is 0 Å². The van der Waals surface area contributed by atoms with Crippen LogP contribution in [0.3, 0.4) is 0 Å². The van der Waals surface area contributed by atoms with Crippen molar-refractivity contribution in [1.29, 1.82) is 0 Å². The zero-order valence-corrected chi connectivity index (χ0v) is 15.1. The minimum atomic E-state index is 0.328. The summed E-state index contributed by atoms with van der Waals surface area (Å²) >= 11 is 0. The van der Waals surface area contributed by atoms with Crippen LogP contribution in [0.15, 0.2) is 36.7 Å². The number of nitrogens with zero attached hydrogens (tertiary/aromatic N) is 3. The van der Waals surface area contributed by atoms with E-state index < -0.39 is 0 Å². The molecule has 0 aliphatic carbocycles. The molecule has 134 valence electrons. The highest BCUT2D eigenvalue weighted by atomic mass is 16.5. The van der Waals surface area contributed by atoms with Crippen LogP contribution in [-0.4, -0.2) is 41.2 Å². The molecule has 0 amide bonds. The van der Waals surface area contributed by atoms with Gasteiger partial charge in [-0.05, 0) is 30.5 Å². The van der Waals surface area contributed by atoms with E-state index >= 15 is 0 Å². The van der Waals surface area contributed by atoms with Crippen molar-refractivity contribution in [3.63, 3.8) is 0 Å². The largest absolute Gasteiger partial charge is 0.497 e. The second-order valence-corrected chi connectivity index (χ2v) is 6.51. The number of ether oxygens (including phenoxy) is 2. The molecular formula is C20H27N3O2. The number of hydrogen-bond donors (Lipinski definition) is 0. The van der Waals surface area contributed by atoms with E-state index in [1.807, 2.05) is 24.5 Å². The zero-order chi connectivity index (χ0) is 17.5. The van der Waals surface area contributed by atoms with Gasteiger partial charge in [-0.3, -0.25) is 4.90 Å². The second kappa shape index (κ2) is 8.92. The van der Waals surface area contributed by atoms with Crippen LogP contribution >= 0.6 is 0 Å². The van der Waals surface area contributed by atoms with Crippen molar-refractivity contribution in [2.24, 2.45) is 0 Å². The number of rotatable bonds is 8. The molecule has 5 nitrogen and oxygen atoms in total. The first-order valence-corrected chi connectivity index (χ1v) is 9.03. The Morgan fingerprint density at radius 3 is 2.44 bits per heavy atom. The van der Waals surface area contributed by atoms with Crippen molar-refractivity contribution < 1.29 is 9.47 Å². The van der Waals surface area contributed by atoms with E-state index in [2.05, 4.69) is 33.9 Å². The Bertz CT molecular complexity index is 587. The molecule has 2 aromatic rings. The van der Waals surface area contributed by atoms with Gasteiger partial charge in [0.25, 0.3) is 0 Å². The number of aromatic nitrogens is 2. The summed E-state index contributed by atoms with van der Waals surface area (Å²) in [4.78, 5) is 11.3. The first-order chi connectivity index (χ1) is 12.3. The highest BCUT2D eigenvalue weighted by molar-refractivity contribution is 5.27. The lowest BCUT2D eigenvalue weighted by Crippen LogP contribution is -2.31. The summed E-state index contributed by atoms with van der Waals surface area (Å²) in [5.74, 6) is 1.78. The SMILES string of the molecule is CCc1ncc(CN(Cc2ccc(OC)cc2)CC2CCCO2)cn1. The highest BCUT2D eigenvalue weighted by Gasteiger charge is 2.20. The van der Waals surface area contributed by atoms with Gasteiger partial charge in [0.2, 0.25) is 0 Å². The fourth-order valence-corrected chi connectivity index (χ4v) is 3.15. The third kappa shape index (κ3) is 5.25. The quantitative estimate of drug-likeness (QED) is 0.738. The molecule has 0 bridgehead atoms. The van der Waals surface area contributed by atoms with Crippen LogP contribution in [0.1, 0.15) is 36.7 Å². The first-order valence-electron chi connectivity index (χ1n) is 9.03. The maximum atomic E-state index is 5.84. The maximum absolute atomic E-state index is 5.84. The highest BCUT2D eigenvalue weighted by Crippen LogP contribution is 2.18. The average molecular weight is 341 g/mol. The predicted molar refractivity (Wildman–Crippen MR) is 97.5 cm³/mol. The Morgan fingerprint density at radius 1 is 1.12 bits per heavy atom. The standard InChI is InChI=1S/C20H27N3O2/c1-3-20-21-11-17(12-22-20)14-23(15-19-5-4-10-25-19)13-16-6-8-18(24-2)9-7-16/h6-9,11-12,19H,3-5,10,13-15H2,1-2H3. The molecule has 5 heteroatoms. The van der Waals surface area contributed by atoms with Crippen molar-refractivity contribution in [2.75, 3.05) is 20.3 Å². The normalized spacial score (nSPS) is 17.2. The van der Waals surface area contributed by atoms with E-state index in [1.54, 1.807) is 7.11 Å². The summed E-state index contributed by atoms with van der Waals surface area (Å²) in [5.41, 5.74) is 2.41. The third-order valence-corrected chi connectivity index (χ3v) is 4.53. The van der Waals surface area contributed by atoms with Gasteiger partial charge in [0, 0.05) is 50.6 Å². The van der Waals surface area contributed by atoms with Gasteiger partial charge in [0.1, 0.15) is 11.6 Å². The molecule has 1 saturated heterocycles. The molecule has 2 heterocycles. The van der Waals surface area contributed by atoms with Gasteiger partial charge in [0.05, 0.1) is 13.2 Å². The number of aryl methyl sites for hydroxylation is 1. The van der Waals surface area contributed by atoms with Crippen molar-refractivity contribution in [1.82, 2.24) is 14.9 Å². The van der Waals surface area contributed by atoms with E-state index in [1.165, 1.54) is 5.56 Å². The van der Waals surface area contributed by atoms with Crippen LogP contribution in [0.5, 0.6) is 5.75 Å². The van der Waals surface area contributed by atoms with Crippen LogP contribution in [0.4, 0.5) is 0 Å².